The first kappa shape index (κ1) is 9.88. The average molecular weight is 146 g/mol. The minimum absolute atomic E-state index is 0.207. The molecule has 0 heterocycles. The molecule has 0 aromatic rings. The van der Waals surface area contributed by atoms with Crippen LogP contribution in [0.2, 0.25) is 0 Å². The molecule has 10 heavy (non-hydrogen) atoms. The summed E-state index contributed by atoms with van der Waals surface area (Å²) in [6.07, 6.45) is 0. The minimum atomic E-state index is 0.207. The van der Waals surface area contributed by atoms with E-state index in [1.165, 1.54) is 0 Å². The zero-order chi connectivity index (χ0) is 8.20. The van der Waals surface area contributed by atoms with Gasteiger partial charge in [0.05, 0.1) is 6.61 Å². The molecular formula is C7H18N2O. The fraction of sp³-hybridized carbons (Fsp3) is 1.00. The monoisotopic (exact) mass is 146 g/mol. The van der Waals surface area contributed by atoms with Crippen LogP contribution in [0, 0.1) is 0 Å². The van der Waals surface area contributed by atoms with E-state index in [-0.39, 0.29) is 5.54 Å². The van der Waals surface area contributed by atoms with Gasteiger partial charge in [-0.05, 0) is 27.8 Å². The summed E-state index contributed by atoms with van der Waals surface area (Å²) in [6, 6.07) is 0. The summed E-state index contributed by atoms with van der Waals surface area (Å²) < 4.78 is 0. The lowest BCUT2D eigenvalue weighted by Gasteiger charge is -2.31. The lowest BCUT2D eigenvalue weighted by molar-refractivity contribution is 0.0817. The van der Waals surface area contributed by atoms with E-state index in [0.29, 0.717) is 6.61 Å². The second kappa shape index (κ2) is 3.91. The van der Waals surface area contributed by atoms with Gasteiger partial charge in [-0.3, -0.25) is 4.90 Å². The third-order valence-corrected chi connectivity index (χ3v) is 1.69. The van der Waals surface area contributed by atoms with Gasteiger partial charge in [0.25, 0.3) is 0 Å². The summed E-state index contributed by atoms with van der Waals surface area (Å²) in [5.41, 5.74) is 0.207. The van der Waals surface area contributed by atoms with E-state index in [2.05, 4.69) is 37.6 Å². The highest BCUT2D eigenvalue weighted by Gasteiger charge is 2.15. The molecule has 3 nitrogen and oxygen atoms in total. The van der Waals surface area contributed by atoms with Gasteiger partial charge in [-0.2, -0.15) is 0 Å². The molecule has 0 bridgehead atoms. The van der Waals surface area contributed by atoms with Gasteiger partial charge in [0, 0.05) is 12.1 Å². The van der Waals surface area contributed by atoms with Crippen molar-refractivity contribution in [2.75, 3.05) is 20.2 Å². The maximum Gasteiger partial charge on any atom is 0.0806 e. The molecule has 0 aromatic carbocycles. The zero-order valence-corrected chi connectivity index (χ0v) is 7.35. The highest BCUT2D eigenvalue weighted by Crippen LogP contribution is 2.08. The van der Waals surface area contributed by atoms with Crippen molar-refractivity contribution in [2.24, 2.45) is 5.90 Å². The average Bonchev–Trinajstić information content (AvgIpc) is 1.80. The van der Waals surface area contributed by atoms with Crippen molar-refractivity contribution in [3.63, 3.8) is 0 Å². The standard InChI is InChI=1S/C7H18N2O/c1-7(2,3)9(4)5-6-10-8/h5-6,8H2,1-4H3. The Morgan fingerprint density at radius 2 is 1.90 bits per heavy atom. The number of rotatable bonds is 3. The van der Waals surface area contributed by atoms with Gasteiger partial charge in [-0.1, -0.05) is 0 Å². The molecule has 0 rings (SSSR count). The Morgan fingerprint density at radius 3 is 2.20 bits per heavy atom. The van der Waals surface area contributed by atoms with E-state index in [1.54, 1.807) is 0 Å². The van der Waals surface area contributed by atoms with Gasteiger partial charge in [0.2, 0.25) is 0 Å². The molecule has 0 spiro atoms. The molecule has 62 valence electrons. The molecule has 0 unspecified atom stereocenters. The Morgan fingerprint density at radius 1 is 1.40 bits per heavy atom. The molecule has 3 heteroatoms. The van der Waals surface area contributed by atoms with Crippen LogP contribution in [-0.4, -0.2) is 30.6 Å². The second-order valence-corrected chi connectivity index (χ2v) is 3.46. The smallest absolute Gasteiger partial charge is 0.0806 e. The lowest BCUT2D eigenvalue weighted by Crippen LogP contribution is -2.40. The topological polar surface area (TPSA) is 38.5 Å². The Balaban J connectivity index is 3.52. The van der Waals surface area contributed by atoms with Crippen LogP contribution in [0.1, 0.15) is 20.8 Å². The summed E-state index contributed by atoms with van der Waals surface area (Å²) in [5, 5.41) is 0. The lowest BCUT2D eigenvalue weighted by atomic mass is 10.1. The van der Waals surface area contributed by atoms with Crippen LogP contribution in [0.5, 0.6) is 0 Å². The van der Waals surface area contributed by atoms with Crippen molar-refractivity contribution < 1.29 is 4.84 Å². The van der Waals surface area contributed by atoms with E-state index in [1.807, 2.05) is 0 Å². The van der Waals surface area contributed by atoms with Crippen molar-refractivity contribution in [3.05, 3.63) is 0 Å². The molecule has 0 atom stereocenters. The van der Waals surface area contributed by atoms with Crippen molar-refractivity contribution in [2.45, 2.75) is 26.3 Å². The van der Waals surface area contributed by atoms with Gasteiger partial charge < -0.3 is 4.84 Å². The van der Waals surface area contributed by atoms with E-state index < -0.39 is 0 Å². The summed E-state index contributed by atoms with van der Waals surface area (Å²) in [4.78, 5) is 6.66. The Kier molecular flexibility index (Phi) is 3.86. The van der Waals surface area contributed by atoms with E-state index in [9.17, 15) is 0 Å². The number of nitrogens with two attached hydrogens (primary N) is 1. The fourth-order valence-corrected chi connectivity index (χ4v) is 0.525. The van der Waals surface area contributed by atoms with Gasteiger partial charge in [-0.25, -0.2) is 5.90 Å². The summed E-state index contributed by atoms with van der Waals surface area (Å²) in [5.74, 6) is 4.89. The summed E-state index contributed by atoms with van der Waals surface area (Å²) in [6.45, 7) is 7.93. The Hall–Kier alpha value is -0.120. The van der Waals surface area contributed by atoms with E-state index >= 15 is 0 Å². The summed E-state index contributed by atoms with van der Waals surface area (Å²) >= 11 is 0. The maximum atomic E-state index is 4.89. The van der Waals surface area contributed by atoms with Crippen LogP contribution >= 0.6 is 0 Å². The number of likely N-dealkylation sites (N-methyl/N-ethyl adjacent to an activating group) is 1. The molecule has 0 saturated carbocycles. The SMILES string of the molecule is CN(CCON)C(C)(C)C. The van der Waals surface area contributed by atoms with Crippen LogP contribution in [0.4, 0.5) is 0 Å². The second-order valence-electron chi connectivity index (χ2n) is 3.46. The van der Waals surface area contributed by atoms with Crippen LogP contribution in [0.3, 0.4) is 0 Å². The van der Waals surface area contributed by atoms with Crippen LogP contribution in [0.25, 0.3) is 0 Å². The Bertz CT molecular complexity index is 88.1. The van der Waals surface area contributed by atoms with Crippen LogP contribution in [-0.2, 0) is 4.84 Å². The van der Waals surface area contributed by atoms with Crippen molar-refractivity contribution in [3.8, 4) is 0 Å². The van der Waals surface area contributed by atoms with E-state index in [0.717, 1.165) is 6.54 Å². The summed E-state index contributed by atoms with van der Waals surface area (Å²) in [7, 11) is 2.05. The molecule has 0 radical (unpaired) electrons. The van der Waals surface area contributed by atoms with Gasteiger partial charge in [-0.15, -0.1) is 0 Å². The molecule has 0 aromatic heterocycles. The van der Waals surface area contributed by atoms with Gasteiger partial charge >= 0.3 is 0 Å². The first-order valence-corrected chi connectivity index (χ1v) is 3.51. The van der Waals surface area contributed by atoms with Gasteiger partial charge in [0.1, 0.15) is 0 Å². The minimum Gasteiger partial charge on any atom is -0.303 e. The molecular weight excluding hydrogens is 128 g/mol. The van der Waals surface area contributed by atoms with Gasteiger partial charge in [0.15, 0.2) is 0 Å². The van der Waals surface area contributed by atoms with Crippen molar-refractivity contribution in [1.29, 1.82) is 0 Å². The third kappa shape index (κ3) is 3.82. The fourth-order valence-electron chi connectivity index (χ4n) is 0.525. The molecule has 2 N–H and O–H groups in total. The third-order valence-electron chi connectivity index (χ3n) is 1.69. The predicted octanol–water partition coefficient (Wildman–Crippen LogP) is 0.607. The zero-order valence-electron chi connectivity index (χ0n) is 7.35. The Labute approximate surface area is 63.1 Å². The number of hydrogen-bond acceptors (Lipinski definition) is 3. The molecule has 0 aliphatic heterocycles. The molecule has 0 aliphatic rings. The first-order chi connectivity index (χ1) is 4.48. The molecule has 0 amide bonds. The van der Waals surface area contributed by atoms with Crippen LogP contribution in [0.15, 0.2) is 0 Å². The maximum absolute atomic E-state index is 4.89. The number of hydrogen-bond donors (Lipinski definition) is 1. The number of nitrogens with zero attached hydrogens (tertiary/aromatic N) is 1. The molecule has 0 fully saturated rings. The molecule has 0 aliphatic carbocycles. The van der Waals surface area contributed by atoms with E-state index in [4.69, 9.17) is 5.90 Å². The predicted molar refractivity (Wildman–Crippen MR) is 42.5 cm³/mol. The normalized spacial score (nSPS) is 12.6. The van der Waals surface area contributed by atoms with Crippen molar-refractivity contribution in [1.82, 2.24) is 4.90 Å². The highest BCUT2D eigenvalue weighted by molar-refractivity contribution is 4.71. The largest absolute Gasteiger partial charge is 0.303 e. The van der Waals surface area contributed by atoms with Crippen molar-refractivity contribution >= 4 is 0 Å². The highest BCUT2D eigenvalue weighted by atomic mass is 16.6. The van der Waals surface area contributed by atoms with Crippen LogP contribution < -0.4 is 5.90 Å². The quantitative estimate of drug-likeness (QED) is 0.593. The molecule has 0 saturated heterocycles. The first-order valence-electron chi connectivity index (χ1n) is 3.51.